The van der Waals surface area contributed by atoms with Crippen LogP contribution < -0.4 is 15.0 Å². The highest BCUT2D eigenvalue weighted by atomic mass is 35.5. The molecular weight excluding hydrogens is 563 g/mol. The molecule has 5 rings (SSSR count). The summed E-state index contributed by atoms with van der Waals surface area (Å²) in [5.74, 6) is 2.60. The molecule has 0 saturated heterocycles. The van der Waals surface area contributed by atoms with Crippen LogP contribution in [0.3, 0.4) is 0 Å². The molecule has 9 heteroatoms. The largest absolute Gasteiger partial charge is 0.490 e. The van der Waals surface area contributed by atoms with Crippen LogP contribution in [0.1, 0.15) is 58.8 Å². The maximum Gasteiger partial charge on any atom is 0.338 e. The monoisotopic (exact) mass is 606 g/mol. The number of halogens is 2. The van der Waals surface area contributed by atoms with Crippen LogP contribution in [0.15, 0.2) is 35.9 Å². The summed E-state index contributed by atoms with van der Waals surface area (Å²) in [5.41, 5.74) is 2.26. The molecule has 0 unspecified atom stereocenters. The SMILES string of the molecule is C[C@]12CC[C@H]3[C@@H](CCC4=CC(=O)NCC[C@@]43C)[C@@H]1CC[C@@H]2OC(=O)[C@@H](O)COc1ccc(N(CCCl)CCCl)cc1. The minimum atomic E-state index is -1.35. The predicted molar refractivity (Wildman–Crippen MR) is 162 cm³/mol. The summed E-state index contributed by atoms with van der Waals surface area (Å²) in [5, 5.41) is 13.7. The quantitative estimate of drug-likeness (QED) is 0.277. The summed E-state index contributed by atoms with van der Waals surface area (Å²) in [7, 11) is 0. The molecule has 7 atom stereocenters. The first-order valence-corrected chi connectivity index (χ1v) is 16.2. The van der Waals surface area contributed by atoms with Gasteiger partial charge in [-0.3, -0.25) is 4.79 Å². The molecule has 0 spiro atoms. The van der Waals surface area contributed by atoms with E-state index in [-0.39, 0.29) is 29.4 Å². The van der Waals surface area contributed by atoms with Crippen LogP contribution in [0, 0.1) is 28.6 Å². The third-order valence-electron chi connectivity index (χ3n) is 10.7. The van der Waals surface area contributed by atoms with Crippen molar-refractivity contribution in [3.05, 3.63) is 35.9 Å². The van der Waals surface area contributed by atoms with Crippen LogP contribution in [0.5, 0.6) is 5.75 Å². The second-order valence-corrected chi connectivity index (χ2v) is 13.5. The van der Waals surface area contributed by atoms with Crippen LogP contribution in [-0.4, -0.2) is 67.2 Å². The lowest BCUT2D eigenvalue weighted by Crippen LogP contribution is -2.51. The maximum absolute atomic E-state index is 13.0. The molecule has 1 aromatic carbocycles. The zero-order chi connectivity index (χ0) is 29.2. The third-order valence-corrected chi connectivity index (χ3v) is 11.1. The highest BCUT2D eigenvalue weighted by Gasteiger charge is 2.59. The van der Waals surface area contributed by atoms with E-state index in [0.717, 1.165) is 57.2 Å². The van der Waals surface area contributed by atoms with Gasteiger partial charge in [0.15, 0.2) is 6.10 Å². The Bertz CT molecular complexity index is 1120. The van der Waals surface area contributed by atoms with Crippen LogP contribution in [-0.2, 0) is 14.3 Å². The van der Waals surface area contributed by atoms with E-state index in [4.69, 9.17) is 32.7 Å². The van der Waals surface area contributed by atoms with Crippen LogP contribution >= 0.6 is 23.2 Å². The Morgan fingerprint density at radius 2 is 1.80 bits per heavy atom. The van der Waals surface area contributed by atoms with Gasteiger partial charge in [-0.1, -0.05) is 19.4 Å². The molecule has 1 aliphatic heterocycles. The van der Waals surface area contributed by atoms with Gasteiger partial charge in [0.2, 0.25) is 5.91 Å². The number of hydrogen-bond donors (Lipinski definition) is 2. The number of carbonyl (C=O) groups excluding carboxylic acids is 2. The number of esters is 1. The molecule has 3 fully saturated rings. The van der Waals surface area contributed by atoms with E-state index < -0.39 is 12.1 Å². The minimum Gasteiger partial charge on any atom is -0.490 e. The van der Waals surface area contributed by atoms with Gasteiger partial charge in [-0.25, -0.2) is 4.79 Å². The molecule has 1 amide bonds. The van der Waals surface area contributed by atoms with E-state index in [9.17, 15) is 14.7 Å². The van der Waals surface area contributed by atoms with Gasteiger partial charge < -0.3 is 24.8 Å². The number of alkyl halides is 2. The number of amides is 1. The fourth-order valence-electron chi connectivity index (χ4n) is 8.50. The lowest BCUT2D eigenvalue weighted by molar-refractivity contribution is -0.170. The van der Waals surface area contributed by atoms with Crippen molar-refractivity contribution in [2.24, 2.45) is 28.6 Å². The van der Waals surface area contributed by atoms with Gasteiger partial charge in [0.25, 0.3) is 0 Å². The van der Waals surface area contributed by atoms with Crippen LogP contribution in [0.2, 0.25) is 0 Å². The zero-order valence-electron chi connectivity index (χ0n) is 24.2. The van der Waals surface area contributed by atoms with Crippen molar-refractivity contribution in [2.75, 3.05) is 42.9 Å². The first kappa shape index (κ1) is 30.5. The predicted octanol–water partition coefficient (Wildman–Crippen LogP) is 5.31. The summed E-state index contributed by atoms with van der Waals surface area (Å²) >= 11 is 11.8. The summed E-state index contributed by atoms with van der Waals surface area (Å²) in [4.78, 5) is 27.3. The average Bonchev–Trinajstić information content (AvgIpc) is 3.20. The number of nitrogens with zero attached hydrogens (tertiary/aromatic N) is 1. The van der Waals surface area contributed by atoms with E-state index >= 15 is 0 Å². The fourth-order valence-corrected chi connectivity index (χ4v) is 8.91. The molecule has 7 nitrogen and oxygen atoms in total. The average molecular weight is 608 g/mol. The van der Waals surface area contributed by atoms with Gasteiger partial charge in [0.1, 0.15) is 18.5 Å². The molecule has 3 saturated carbocycles. The Morgan fingerprint density at radius 3 is 2.51 bits per heavy atom. The fraction of sp³-hybridized carbons (Fsp3) is 0.688. The Kier molecular flexibility index (Phi) is 9.47. The number of fused-ring (bicyclic) bond motifs is 5. The molecule has 4 aliphatic rings. The van der Waals surface area contributed by atoms with E-state index in [2.05, 4.69) is 24.1 Å². The Balaban J connectivity index is 1.17. The lowest BCUT2D eigenvalue weighted by atomic mass is 9.48. The van der Waals surface area contributed by atoms with Crippen molar-refractivity contribution in [3.63, 3.8) is 0 Å². The van der Waals surface area contributed by atoms with Gasteiger partial charge in [-0.2, -0.15) is 0 Å². The van der Waals surface area contributed by atoms with Gasteiger partial charge in [-0.15, -0.1) is 23.2 Å². The zero-order valence-corrected chi connectivity index (χ0v) is 25.8. The number of aliphatic hydroxyl groups excluding tert-OH is 1. The Hall–Kier alpha value is -1.96. The smallest absolute Gasteiger partial charge is 0.338 e. The molecule has 0 radical (unpaired) electrons. The molecule has 3 aliphatic carbocycles. The first-order valence-electron chi connectivity index (χ1n) is 15.2. The highest BCUT2D eigenvalue weighted by molar-refractivity contribution is 6.18. The number of aliphatic hydroxyl groups is 1. The van der Waals surface area contributed by atoms with Gasteiger partial charge in [-0.05, 0) is 92.4 Å². The molecule has 2 N–H and O–H groups in total. The van der Waals surface area contributed by atoms with E-state index in [1.807, 2.05) is 30.3 Å². The van der Waals surface area contributed by atoms with Crippen molar-refractivity contribution < 1.29 is 24.2 Å². The van der Waals surface area contributed by atoms with Crippen molar-refractivity contribution in [3.8, 4) is 5.75 Å². The van der Waals surface area contributed by atoms with Crippen molar-refractivity contribution in [2.45, 2.75) is 71.0 Å². The topological polar surface area (TPSA) is 88.1 Å². The highest BCUT2D eigenvalue weighted by Crippen LogP contribution is 2.65. The standard InChI is InChI=1S/C32H44Cl2N2O5/c1-31-13-16-35-29(38)19-21(31)3-8-24-25-9-10-28(32(25,2)12-11-26(24)31)41-30(39)27(37)20-40-23-6-4-22(5-7-23)36(17-14-33)18-15-34/h4-7,19,24-28,37H,3,8-18,20H2,1-2H3,(H,35,38)/t24-,25-,26-,27-,28-,31-,32-/m0/s1. The lowest BCUT2D eigenvalue weighted by Gasteiger charge is -2.57. The summed E-state index contributed by atoms with van der Waals surface area (Å²) in [6, 6.07) is 7.47. The normalized spacial score (nSPS) is 33.3. The second kappa shape index (κ2) is 12.7. The summed E-state index contributed by atoms with van der Waals surface area (Å²) < 4.78 is 11.8. The number of rotatable bonds is 10. The van der Waals surface area contributed by atoms with Gasteiger partial charge in [0.05, 0.1) is 0 Å². The molecule has 1 heterocycles. The molecule has 226 valence electrons. The van der Waals surface area contributed by atoms with Crippen LogP contribution in [0.4, 0.5) is 5.69 Å². The Labute approximate surface area is 253 Å². The molecule has 0 bridgehead atoms. The summed E-state index contributed by atoms with van der Waals surface area (Å²) in [6.07, 6.45) is 7.28. The maximum atomic E-state index is 13.0. The molecule has 1 aromatic rings. The second-order valence-electron chi connectivity index (χ2n) is 12.8. The van der Waals surface area contributed by atoms with Gasteiger partial charge >= 0.3 is 5.97 Å². The van der Waals surface area contributed by atoms with Crippen LogP contribution in [0.25, 0.3) is 0 Å². The van der Waals surface area contributed by atoms with Crippen molar-refractivity contribution in [1.82, 2.24) is 5.32 Å². The number of allylic oxidation sites excluding steroid dienone is 1. The third kappa shape index (κ3) is 6.09. The number of carbonyl (C=O) groups is 2. The number of anilines is 1. The van der Waals surface area contributed by atoms with Gasteiger partial charge in [0, 0.05) is 48.6 Å². The molecule has 41 heavy (non-hydrogen) atoms. The van der Waals surface area contributed by atoms with E-state index in [1.165, 1.54) is 5.57 Å². The van der Waals surface area contributed by atoms with E-state index in [0.29, 0.717) is 48.4 Å². The number of ether oxygens (including phenoxy) is 2. The van der Waals surface area contributed by atoms with Crippen molar-refractivity contribution in [1.29, 1.82) is 0 Å². The molecule has 0 aromatic heterocycles. The van der Waals surface area contributed by atoms with E-state index in [1.54, 1.807) is 0 Å². The number of hydrogen-bond acceptors (Lipinski definition) is 6. The number of nitrogens with one attached hydrogen (secondary N) is 1. The number of benzene rings is 1. The van der Waals surface area contributed by atoms with Crippen molar-refractivity contribution >= 4 is 40.8 Å². The molecular formula is C32H44Cl2N2O5. The summed E-state index contributed by atoms with van der Waals surface area (Å²) in [6.45, 7) is 6.60. The Morgan fingerprint density at radius 1 is 1.07 bits per heavy atom. The minimum absolute atomic E-state index is 0.0476. The first-order chi connectivity index (χ1) is 19.7.